The number of carboxylic acids is 1. The third kappa shape index (κ3) is 2.83. The highest BCUT2D eigenvalue weighted by Gasteiger charge is 2.22. The van der Waals surface area contributed by atoms with E-state index in [1.165, 1.54) is 37.4 Å². The molecule has 0 saturated carbocycles. The van der Waals surface area contributed by atoms with Crippen LogP contribution in [0.15, 0.2) is 45.9 Å². The van der Waals surface area contributed by atoms with E-state index in [1.54, 1.807) is 0 Å². The van der Waals surface area contributed by atoms with Gasteiger partial charge in [-0.3, -0.25) is 0 Å². The molecule has 106 valence electrons. The first-order valence-electron chi connectivity index (χ1n) is 5.60. The lowest BCUT2D eigenvalue weighted by Crippen LogP contribution is -2.08. The van der Waals surface area contributed by atoms with Crippen LogP contribution in [0.3, 0.4) is 0 Å². The number of carboxylic acid groups (broad SMARTS) is 1. The summed E-state index contributed by atoms with van der Waals surface area (Å²) in [5.41, 5.74) is 0.119. The summed E-state index contributed by atoms with van der Waals surface area (Å²) in [6.45, 7) is 0. The molecule has 7 heteroatoms. The Balaban J connectivity index is 2.30. The fourth-order valence-corrected chi connectivity index (χ4v) is 3.06. The fourth-order valence-electron chi connectivity index (χ4n) is 1.71. The van der Waals surface area contributed by atoms with Crippen LogP contribution in [-0.4, -0.2) is 26.6 Å². The zero-order valence-electron chi connectivity index (χ0n) is 10.6. The summed E-state index contributed by atoms with van der Waals surface area (Å²) in [5, 5.41) is 8.89. The van der Waals surface area contributed by atoms with Gasteiger partial charge in [-0.2, -0.15) is 0 Å². The molecular weight excluding hydrogens is 284 g/mol. The number of aromatic carboxylic acids is 1. The monoisotopic (exact) mass is 296 g/mol. The van der Waals surface area contributed by atoms with E-state index >= 15 is 0 Å². The zero-order valence-corrected chi connectivity index (χ0v) is 11.4. The van der Waals surface area contributed by atoms with Gasteiger partial charge in [-0.1, -0.05) is 0 Å². The Morgan fingerprint density at radius 1 is 1.25 bits per heavy atom. The molecule has 1 heterocycles. The van der Waals surface area contributed by atoms with E-state index in [-0.39, 0.29) is 16.2 Å². The van der Waals surface area contributed by atoms with Crippen LogP contribution in [0.2, 0.25) is 0 Å². The molecule has 0 aliphatic carbocycles. The second kappa shape index (κ2) is 5.38. The second-order valence-electron chi connectivity index (χ2n) is 4.01. The topological polar surface area (TPSA) is 93.8 Å². The van der Waals surface area contributed by atoms with E-state index in [1.807, 2.05) is 0 Å². The summed E-state index contributed by atoms with van der Waals surface area (Å²) in [7, 11) is -2.16. The molecule has 1 aromatic carbocycles. The van der Waals surface area contributed by atoms with Crippen molar-refractivity contribution < 1.29 is 27.5 Å². The van der Waals surface area contributed by atoms with Crippen molar-refractivity contribution in [2.45, 2.75) is 10.6 Å². The molecule has 0 fully saturated rings. The summed E-state index contributed by atoms with van der Waals surface area (Å²) < 4.78 is 34.1. The third-order valence-corrected chi connectivity index (χ3v) is 4.39. The van der Waals surface area contributed by atoms with E-state index in [9.17, 15) is 13.2 Å². The van der Waals surface area contributed by atoms with Crippen molar-refractivity contribution in [2.75, 3.05) is 7.11 Å². The molecule has 0 bridgehead atoms. The van der Waals surface area contributed by atoms with Crippen LogP contribution in [0.25, 0.3) is 0 Å². The maximum Gasteiger partial charge on any atom is 0.372 e. The van der Waals surface area contributed by atoms with Crippen molar-refractivity contribution in [1.29, 1.82) is 0 Å². The van der Waals surface area contributed by atoms with Crippen LogP contribution in [0.5, 0.6) is 5.75 Å². The van der Waals surface area contributed by atoms with Gasteiger partial charge in [-0.05, 0) is 30.3 Å². The van der Waals surface area contributed by atoms with Crippen molar-refractivity contribution in [3.8, 4) is 5.75 Å². The summed E-state index contributed by atoms with van der Waals surface area (Å²) in [6, 6.07) is 7.22. The van der Waals surface area contributed by atoms with Crippen LogP contribution in [-0.2, 0) is 15.6 Å². The second-order valence-corrected chi connectivity index (χ2v) is 6.00. The smallest absolute Gasteiger partial charge is 0.372 e. The lowest BCUT2D eigenvalue weighted by Gasteiger charge is -2.05. The number of hydrogen-bond acceptors (Lipinski definition) is 5. The first kappa shape index (κ1) is 14.1. The van der Waals surface area contributed by atoms with E-state index < -0.39 is 21.6 Å². The maximum atomic E-state index is 12.2. The van der Waals surface area contributed by atoms with E-state index in [0.717, 1.165) is 6.26 Å². The summed E-state index contributed by atoms with van der Waals surface area (Å²) in [5.74, 6) is -1.55. The largest absolute Gasteiger partial charge is 0.497 e. The van der Waals surface area contributed by atoms with E-state index in [4.69, 9.17) is 14.3 Å². The average Bonchev–Trinajstić information content (AvgIpc) is 2.86. The molecule has 0 saturated heterocycles. The first-order valence-corrected chi connectivity index (χ1v) is 7.26. The first-order chi connectivity index (χ1) is 9.44. The van der Waals surface area contributed by atoms with Gasteiger partial charge >= 0.3 is 5.97 Å². The Bertz CT molecular complexity index is 712. The van der Waals surface area contributed by atoms with Gasteiger partial charge in [0.25, 0.3) is 0 Å². The van der Waals surface area contributed by atoms with Gasteiger partial charge in [0.15, 0.2) is 9.84 Å². The predicted molar refractivity (Wildman–Crippen MR) is 69.6 cm³/mol. The van der Waals surface area contributed by atoms with Crippen LogP contribution in [0.1, 0.15) is 16.1 Å². The molecule has 2 aromatic rings. The molecule has 20 heavy (non-hydrogen) atoms. The minimum absolute atomic E-state index is 0.0934. The standard InChI is InChI=1S/C13H12O6S/c1-18-10-2-4-11(5-3-10)20(16,17)8-9-6-7-19-12(9)13(14)15/h2-7H,8H2,1H3,(H,14,15). The van der Waals surface area contributed by atoms with Gasteiger partial charge in [-0.15, -0.1) is 0 Å². The summed E-state index contributed by atoms with van der Waals surface area (Å²) in [6.07, 6.45) is 1.16. The van der Waals surface area contributed by atoms with Gasteiger partial charge in [0.2, 0.25) is 5.76 Å². The Morgan fingerprint density at radius 3 is 2.45 bits per heavy atom. The highest BCUT2D eigenvalue weighted by atomic mass is 32.2. The molecule has 0 unspecified atom stereocenters. The fraction of sp³-hybridized carbons (Fsp3) is 0.154. The molecule has 6 nitrogen and oxygen atoms in total. The lowest BCUT2D eigenvalue weighted by molar-refractivity contribution is 0.0661. The molecule has 0 atom stereocenters. The Morgan fingerprint density at radius 2 is 1.90 bits per heavy atom. The number of methoxy groups -OCH3 is 1. The number of ether oxygens (including phenoxy) is 1. The van der Waals surface area contributed by atoms with Crippen molar-refractivity contribution in [2.24, 2.45) is 0 Å². The maximum absolute atomic E-state index is 12.2. The molecule has 1 aromatic heterocycles. The van der Waals surface area contributed by atoms with Crippen LogP contribution in [0.4, 0.5) is 0 Å². The average molecular weight is 296 g/mol. The van der Waals surface area contributed by atoms with Gasteiger partial charge in [0.05, 0.1) is 24.0 Å². The van der Waals surface area contributed by atoms with Gasteiger partial charge in [0, 0.05) is 5.56 Å². The normalized spacial score (nSPS) is 11.2. The Labute approximate surface area is 115 Å². The molecule has 0 aliphatic rings. The molecule has 0 spiro atoms. The minimum Gasteiger partial charge on any atom is -0.497 e. The Kier molecular flexibility index (Phi) is 3.80. The molecule has 0 radical (unpaired) electrons. The van der Waals surface area contributed by atoms with Crippen LogP contribution < -0.4 is 4.74 Å². The molecule has 0 amide bonds. The van der Waals surface area contributed by atoms with E-state index in [2.05, 4.69) is 0 Å². The SMILES string of the molecule is COc1ccc(S(=O)(=O)Cc2ccoc2C(=O)O)cc1. The third-order valence-electron chi connectivity index (χ3n) is 2.71. The number of carbonyl (C=O) groups is 1. The Hall–Kier alpha value is -2.28. The predicted octanol–water partition coefficient (Wildman–Crippen LogP) is 1.96. The molecule has 1 N–H and O–H groups in total. The van der Waals surface area contributed by atoms with Crippen LogP contribution >= 0.6 is 0 Å². The van der Waals surface area contributed by atoms with Crippen molar-refractivity contribution in [3.63, 3.8) is 0 Å². The van der Waals surface area contributed by atoms with Gasteiger partial charge in [0.1, 0.15) is 5.75 Å². The van der Waals surface area contributed by atoms with Gasteiger partial charge < -0.3 is 14.3 Å². The quantitative estimate of drug-likeness (QED) is 0.906. The number of sulfone groups is 1. The number of rotatable bonds is 5. The highest BCUT2D eigenvalue weighted by molar-refractivity contribution is 7.90. The van der Waals surface area contributed by atoms with E-state index in [0.29, 0.717) is 5.75 Å². The molecule has 0 aliphatic heterocycles. The zero-order chi connectivity index (χ0) is 14.8. The lowest BCUT2D eigenvalue weighted by atomic mass is 10.3. The van der Waals surface area contributed by atoms with Crippen molar-refractivity contribution in [3.05, 3.63) is 47.9 Å². The number of hydrogen-bond donors (Lipinski definition) is 1. The number of benzene rings is 1. The van der Waals surface area contributed by atoms with Crippen molar-refractivity contribution in [1.82, 2.24) is 0 Å². The summed E-state index contributed by atoms with van der Waals surface area (Å²) >= 11 is 0. The summed E-state index contributed by atoms with van der Waals surface area (Å²) in [4.78, 5) is 11.0. The molecule has 2 rings (SSSR count). The minimum atomic E-state index is -3.64. The highest BCUT2D eigenvalue weighted by Crippen LogP contribution is 2.22. The molecular formula is C13H12O6S. The number of furan rings is 1. The van der Waals surface area contributed by atoms with Gasteiger partial charge in [-0.25, -0.2) is 13.2 Å². The van der Waals surface area contributed by atoms with Crippen molar-refractivity contribution >= 4 is 15.8 Å². The van der Waals surface area contributed by atoms with Crippen LogP contribution in [0, 0.1) is 0 Å².